The van der Waals surface area contributed by atoms with Crippen molar-refractivity contribution in [3.63, 3.8) is 0 Å². The van der Waals surface area contributed by atoms with Crippen LogP contribution in [0.15, 0.2) is 42.5 Å². The minimum atomic E-state index is -0.362. The number of rotatable bonds is 4. The minimum absolute atomic E-state index is 0.172. The second-order valence-electron chi connectivity index (χ2n) is 5.05. The summed E-state index contributed by atoms with van der Waals surface area (Å²) in [5, 5.41) is 3.06. The molecule has 0 fully saturated rings. The van der Waals surface area contributed by atoms with Crippen LogP contribution >= 0.6 is 11.6 Å². The Bertz CT molecular complexity index is 744. The van der Waals surface area contributed by atoms with E-state index in [0.29, 0.717) is 27.6 Å². The summed E-state index contributed by atoms with van der Waals surface area (Å²) < 4.78 is 5.17. The second-order valence-corrected chi connectivity index (χ2v) is 5.46. The molecule has 0 radical (unpaired) electrons. The highest BCUT2D eigenvalue weighted by molar-refractivity contribution is 6.34. The van der Waals surface area contributed by atoms with Gasteiger partial charge in [-0.05, 0) is 30.3 Å². The standard InChI is InChI=1S/C17H17ClN2O3/c1-20(2)17(22)11-8-9-13(18)14(10-11)19-16(21)12-6-4-5-7-15(12)23-3/h4-10H,1-3H3,(H,19,21). The zero-order chi connectivity index (χ0) is 17.0. The van der Waals surface area contributed by atoms with E-state index in [-0.39, 0.29) is 11.8 Å². The average molecular weight is 333 g/mol. The van der Waals surface area contributed by atoms with Crippen LogP contribution in [0.1, 0.15) is 20.7 Å². The fraction of sp³-hybridized carbons (Fsp3) is 0.176. The molecule has 0 aliphatic heterocycles. The Morgan fingerprint density at radius 3 is 2.48 bits per heavy atom. The summed E-state index contributed by atoms with van der Waals surface area (Å²) >= 11 is 6.11. The van der Waals surface area contributed by atoms with E-state index in [1.807, 2.05) is 0 Å². The van der Waals surface area contributed by atoms with Gasteiger partial charge in [-0.1, -0.05) is 23.7 Å². The molecule has 0 saturated heterocycles. The van der Waals surface area contributed by atoms with E-state index in [1.54, 1.807) is 56.6 Å². The van der Waals surface area contributed by atoms with E-state index >= 15 is 0 Å². The van der Waals surface area contributed by atoms with Gasteiger partial charge in [-0.15, -0.1) is 0 Å². The van der Waals surface area contributed by atoms with E-state index in [1.165, 1.54) is 12.0 Å². The number of hydrogen-bond donors (Lipinski definition) is 1. The van der Waals surface area contributed by atoms with Gasteiger partial charge in [0, 0.05) is 19.7 Å². The van der Waals surface area contributed by atoms with Gasteiger partial charge in [0.1, 0.15) is 5.75 Å². The second kappa shape index (κ2) is 7.15. The van der Waals surface area contributed by atoms with E-state index in [9.17, 15) is 9.59 Å². The maximum atomic E-state index is 12.4. The number of carbonyl (C=O) groups excluding carboxylic acids is 2. The monoisotopic (exact) mass is 332 g/mol. The zero-order valence-electron chi connectivity index (χ0n) is 13.1. The highest BCUT2D eigenvalue weighted by Gasteiger charge is 2.15. The molecule has 0 aliphatic carbocycles. The SMILES string of the molecule is COc1ccccc1C(=O)Nc1cc(C(=O)N(C)C)ccc1Cl. The molecule has 0 unspecified atom stereocenters. The normalized spacial score (nSPS) is 10.1. The van der Waals surface area contributed by atoms with E-state index in [2.05, 4.69) is 5.32 Å². The molecule has 0 spiro atoms. The van der Waals surface area contributed by atoms with Crippen LogP contribution in [0.2, 0.25) is 5.02 Å². The molecule has 2 amide bonds. The van der Waals surface area contributed by atoms with Gasteiger partial charge in [-0.3, -0.25) is 9.59 Å². The zero-order valence-corrected chi connectivity index (χ0v) is 13.8. The number of hydrogen-bond acceptors (Lipinski definition) is 3. The molecule has 0 bridgehead atoms. The van der Waals surface area contributed by atoms with Gasteiger partial charge < -0.3 is 15.0 Å². The van der Waals surface area contributed by atoms with Crippen LogP contribution in [0, 0.1) is 0 Å². The van der Waals surface area contributed by atoms with Crippen molar-refractivity contribution in [1.82, 2.24) is 4.90 Å². The van der Waals surface area contributed by atoms with Crippen LogP contribution < -0.4 is 10.1 Å². The van der Waals surface area contributed by atoms with Gasteiger partial charge in [0.25, 0.3) is 11.8 Å². The molecule has 0 aromatic heterocycles. The van der Waals surface area contributed by atoms with Crippen molar-refractivity contribution < 1.29 is 14.3 Å². The maximum Gasteiger partial charge on any atom is 0.259 e. The molecule has 0 aliphatic rings. The fourth-order valence-corrected chi connectivity index (χ4v) is 2.20. The lowest BCUT2D eigenvalue weighted by atomic mass is 10.1. The smallest absolute Gasteiger partial charge is 0.259 e. The van der Waals surface area contributed by atoms with E-state index < -0.39 is 0 Å². The molecular formula is C17H17ClN2O3. The third-order valence-corrected chi connectivity index (χ3v) is 3.55. The van der Waals surface area contributed by atoms with Crippen LogP contribution in [-0.2, 0) is 0 Å². The summed E-state index contributed by atoms with van der Waals surface area (Å²) in [6.07, 6.45) is 0. The highest BCUT2D eigenvalue weighted by Crippen LogP contribution is 2.26. The Morgan fingerprint density at radius 2 is 1.83 bits per heavy atom. The summed E-state index contributed by atoms with van der Waals surface area (Å²) in [4.78, 5) is 25.9. The molecule has 5 nitrogen and oxygen atoms in total. The largest absolute Gasteiger partial charge is 0.496 e. The van der Waals surface area contributed by atoms with Crippen molar-refractivity contribution in [2.24, 2.45) is 0 Å². The third-order valence-electron chi connectivity index (χ3n) is 3.22. The lowest BCUT2D eigenvalue weighted by molar-refractivity contribution is 0.0827. The number of methoxy groups -OCH3 is 1. The number of benzene rings is 2. The number of nitrogens with zero attached hydrogens (tertiary/aromatic N) is 1. The van der Waals surface area contributed by atoms with Gasteiger partial charge >= 0.3 is 0 Å². The number of ether oxygens (including phenoxy) is 1. The van der Waals surface area contributed by atoms with Crippen LogP contribution in [0.4, 0.5) is 5.69 Å². The third kappa shape index (κ3) is 3.81. The first kappa shape index (κ1) is 16.8. The van der Waals surface area contributed by atoms with Crippen molar-refractivity contribution >= 4 is 29.1 Å². The number of halogens is 1. The van der Waals surface area contributed by atoms with E-state index in [4.69, 9.17) is 16.3 Å². The number of nitrogens with one attached hydrogen (secondary N) is 1. The minimum Gasteiger partial charge on any atom is -0.496 e. The van der Waals surface area contributed by atoms with Crippen LogP contribution in [0.5, 0.6) is 5.75 Å². The Hall–Kier alpha value is -2.53. The Kier molecular flexibility index (Phi) is 5.24. The lowest BCUT2D eigenvalue weighted by Crippen LogP contribution is -2.22. The van der Waals surface area contributed by atoms with Crippen LogP contribution in [0.25, 0.3) is 0 Å². The number of carbonyl (C=O) groups is 2. The molecule has 0 saturated carbocycles. The summed E-state index contributed by atoms with van der Waals surface area (Å²) in [5.74, 6) is -0.0742. The highest BCUT2D eigenvalue weighted by atomic mass is 35.5. The lowest BCUT2D eigenvalue weighted by Gasteiger charge is -2.13. The van der Waals surface area contributed by atoms with Gasteiger partial charge in [0.2, 0.25) is 0 Å². The van der Waals surface area contributed by atoms with Crippen LogP contribution in [-0.4, -0.2) is 37.9 Å². The summed E-state index contributed by atoms with van der Waals surface area (Å²) in [5.41, 5.74) is 1.19. The molecule has 2 aromatic carbocycles. The van der Waals surface area contributed by atoms with Crippen molar-refractivity contribution in [3.8, 4) is 5.75 Å². The van der Waals surface area contributed by atoms with Crippen molar-refractivity contribution in [2.45, 2.75) is 0 Å². The Balaban J connectivity index is 2.30. The molecule has 2 aromatic rings. The summed E-state index contributed by atoms with van der Waals surface area (Å²) in [7, 11) is 4.81. The first-order valence-electron chi connectivity index (χ1n) is 6.89. The maximum absolute atomic E-state index is 12.4. The van der Waals surface area contributed by atoms with Crippen molar-refractivity contribution in [2.75, 3.05) is 26.5 Å². The van der Waals surface area contributed by atoms with Gasteiger partial charge in [-0.2, -0.15) is 0 Å². The van der Waals surface area contributed by atoms with Gasteiger partial charge in [0.05, 0.1) is 23.4 Å². The molecule has 0 atom stereocenters. The quantitative estimate of drug-likeness (QED) is 0.934. The molecule has 120 valence electrons. The molecule has 23 heavy (non-hydrogen) atoms. The molecular weight excluding hydrogens is 316 g/mol. The van der Waals surface area contributed by atoms with Gasteiger partial charge in [-0.25, -0.2) is 0 Å². The van der Waals surface area contributed by atoms with Crippen molar-refractivity contribution in [1.29, 1.82) is 0 Å². The predicted molar refractivity (Wildman–Crippen MR) is 90.4 cm³/mol. The average Bonchev–Trinajstić information content (AvgIpc) is 2.55. The van der Waals surface area contributed by atoms with Crippen molar-refractivity contribution in [3.05, 3.63) is 58.6 Å². The molecule has 2 rings (SSSR count). The molecule has 1 N–H and O–H groups in total. The molecule has 0 heterocycles. The number of anilines is 1. The molecule has 6 heteroatoms. The number of para-hydroxylation sites is 1. The first-order chi connectivity index (χ1) is 10.9. The fourth-order valence-electron chi connectivity index (χ4n) is 2.03. The first-order valence-corrected chi connectivity index (χ1v) is 7.27. The van der Waals surface area contributed by atoms with Gasteiger partial charge in [0.15, 0.2) is 0 Å². The summed E-state index contributed by atoms with van der Waals surface area (Å²) in [6, 6.07) is 11.6. The van der Waals surface area contributed by atoms with Crippen LogP contribution in [0.3, 0.4) is 0 Å². The predicted octanol–water partition coefficient (Wildman–Crippen LogP) is 3.30. The van der Waals surface area contributed by atoms with E-state index in [0.717, 1.165) is 0 Å². The summed E-state index contributed by atoms with van der Waals surface area (Å²) in [6.45, 7) is 0. The Labute approximate surface area is 139 Å². The topological polar surface area (TPSA) is 58.6 Å². The number of amides is 2. The Morgan fingerprint density at radius 1 is 1.13 bits per heavy atom.